The van der Waals surface area contributed by atoms with Crippen molar-refractivity contribution in [2.75, 3.05) is 6.61 Å². The first-order valence-electron chi connectivity index (χ1n) is 3.42. The SMILES string of the molecule is CCC1(C)CCOC=N1. The van der Waals surface area contributed by atoms with Gasteiger partial charge in [0.15, 0.2) is 6.40 Å². The van der Waals surface area contributed by atoms with E-state index in [1.807, 2.05) is 0 Å². The van der Waals surface area contributed by atoms with Crippen LogP contribution in [0.3, 0.4) is 0 Å². The van der Waals surface area contributed by atoms with Crippen molar-refractivity contribution in [1.29, 1.82) is 0 Å². The molecule has 0 saturated carbocycles. The van der Waals surface area contributed by atoms with Gasteiger partial charge in [-0.15, -0.1) is 0 Å². The van der Waals surface area contributed by atoms with Gasteiger partial charge in [-0.1, -0.05) is 6.92 Å². The Labute approximate surface area is 55.9 Å². The Balaban J connectivity index is 2.56. The second kappa shape index (κ2) is 2.38. The van der Waals surface area contributed by atoms with E-state index in [1.54, 1.807) is 6.40 Å². The van der Waals surface area contributed by atoms with E-state index in [-0.39, 0.29) is 5.54 Å². The van der Waals surface area contributed by atoms with Crippen molar-refractivity contribution in [1.82, 2.24) is 0 Å². The Hall–Kier alpha value is -0.530. The number of aliphatic imine (C=N–C) groups is 1. The summed E-state index contributed by atoms with van der Waals surface area (Å²) >= 11 is 0. The molecule has 0 aromatic heterocycles. The van der Waals surface area contributed by atoms with Gasteiger partial charge >= 0.3 is 0 Å². The monoisotopic (exact) mass is 127 g/mol. The predicted molar refractivity (Wildman–Crippen MR) is 37.8 cm³/mol. The normalized spacial score (nSPS) is 34.0. The van der Waals surface area contributed by atoms with Crippen LogP contribution >= 0.6 is 0 Å². The van der Waals surface area contributed by atoms with Gasteiger partial charge in [-0.3, -0.25) is 4.99 Å². The Bertz CT molecular complexity index is 122. The zero-order chi connectivity index (χ0) is 6.74. The fourth-order valence-electron chi connectivity index (χ4n) is 0.829. The molecule has 0 amide bonds. The van der Waals surface area contributed by atoms with Crippen molar-refractivity contribution in [2.45, 2.75) is 32.2 Å². The van der Waals surface area contributed by atoms with E-state index in [2.05, 4.69) is 18.8 Å². The van der Waals surface area contributed by atoms with Gasteiger partial charge in [0.25, 0.3) is 0 Å². The second-order valence-corrected chi connectivity index (χ2v) is 2.71. The summed E-state index contributed by atoms with van der Waals surface area (Å²) in [7, 11) is 0. The van der Waals surface area contributed by atoms with Gasteiger partial charge in [0.2, 0.25) is 0 Å². The summed E-state index contributed by atoms with van der Waals surface area (Å²) in [5.41, 5.74) is 0.165. The van der Waals surface area contributed by atoms with Gasteiger partial charge in [-0.05, 0) is 13.3 Å². The average molecular weight is 127 g/mol. The van der Waals surface area contributed by atoms with Crippen molar-refractivity contribution in [2.24, 2.45) is 4.99 Å². The highest BCUT2D eigenvalue weighted by atomic mass is 16.5. The standard InChI is InChI=1S/C7H13NO/c1-3-7(2)4-5-9-6-8-7/h6H,3-5H2,1-2H3. The van der Waals surface area contributed by atoms with Gasteiger partial charge in [0.1, 0.15) is 0 Å². The lowest BCUT2D eigenvalue weighted by atomic mass is 9.96. The molecule has 2 heteroatoms. The molecule has 9 heavy (non-hydrogen) atoms. The van der Waals surface area contributed by atoms with Gasteiger partial charge in [-0.25, -0.2) is 0 Å². The molecule has 0 N–H and O–H groups in total. The minimum absolute atomic E-state index is 0.165. The first-order valence-corrected chi connectivity index (χ1v) is 3.42. The van der Waals surface area contributed by atoms with Crippen LogP contribution in [0.2, 0.25) is 0 Å². The van der Waals surface area contributed by atoms with Gasteiger partial charge < -0.3 is 4.74 Å². The topological polar surface area (TPSA) is 21.6 Å². The van der Waals surface area contributed by atoms with Gasteiger partial charge in [0.05, 0.1) is 12.1 Å². The van der Waals surface area contributed by atoms with Gasteiger partial charge in [-0.2, -0.15) is 0 Å². The van der Waals surface area contributed by atoms with E-state index in [0.29, 0.717) is 0 Å². The smallest absolute Gasteiger partial charge is 0.169 e. The lowest BCUT2D eigenvalue weighted by molar-refractivity contribution is 0.230. The molecule has 1 heterocycles. The quantitative estimate of drug-likeness (QED) is 0.524. The van der Waals surface area contributed by atoms with Crippen LogP contribution in [0.1, 0.15) is 26.7 Å². The van der Waals surface area contributed by atoms with E-state index in [4.69, 9.17) is 4.74 Å². The Kier molecular flexibility index (Phi) is 1.74. The summed E-state index contributed by atoms with van der Waals surface area (Å²) in [5.74, 6) is 0. The summed E-state index contributed by atoms with van der Waals surface area (Å²) in [6.45, 7) is 5.14. The maximum absolute atomic E-state index is 4.98. The molecule has 1 atom stereocenters. The molecule has 0 aromatic rings. The highest BCUT2D eigenvalue weighted by Crippen LogP contribution is 2.21. The zero-order valence-corrected chi connectivity index (χ0v) is 6.05. The summed E-state index contributed by atoms with van der Waals surface area (Å²) in [5, 5.41) is 0. The summed E-state index contributed by atoms with van der Waals surface area (Å²) in [6, 6.07) is 0. The van der Waals surface area contributed by atoms with Crippen LogP contribution in [0.4, 0.5) is 0 Å². The molecule has 1 unspecified atom stereocenters. The largest absolute Gasteiger partial charge is 0.483 e. The number of hydrogen-bond acceptors (Lipinski definition) is 2. The molecule has 1 rings (SSSR count). The number of ether oxygens (including phenoxy) is 1. The zero-order valence-electron chi connectivity index (χ0n) is 6.05. The first-order chi connectivity index (χ1) is 4.27. The van der Waals surface area contributed by atoms with Crippen LogP contribution in [0.25, 0.3) is 0 Å². The minimum Gasteiger partial charge on any atom is -0.483 e. The fraction of sp³-hybridized carbons (Fsp3) is 0.857. The lowest BCUT2D eigenvalue weighted by Gasteiger charge is -2.25. The Morgan fingerprint density at radius 2 is 2.56 bits per heavy atom. The molecule has 0 spiro atoms. The highest BCUT2D eigenvalue weighted by molar-refractivity contribution is 5.48. The summed E-state index contributed by atoms with van der Waals surface area (Å²) in [4.78, 5) is 4.23. The van der Waals surface area contributed by atoms with E-state index >= 15 is 0 Å². The molecule has 0 bridgehead atoms. The van der Waals surface area contributed by atoms with Crippen molar-refractivity contribution in [3.8, 4) is 0 Å². The summed E-state index contributed by atoms with van der Waals surface area (Å²) < 4.78 is 4.98. The summed E-state index contributed by atoms with van der Waals surface area (Å²) in [6.07, 6.45) is 3.74. The maximum atomic E-state index is 4.98. The third kappa shape index (κ3) is 1.44. The van der Waals surface area contributed by atoms with E-state index in [9.17, 15) is 0 Å². The minimum atomic E-state index is 0.165. The number of nitrogens with zero attached hydrogens (tertiary/aromatic N) is 1. The highest BCUT2D eigenvalue weighted by Gasteiger charge is 2.21. The van der Waals surface area contributed by atoms with Crippen LogP contribution < -0.4 is 0 Å². The van der Waals surface area contributed by atoms with E-state index in [0.717, 1.165) is 19.4 Å². The predicted octanol–water partition coefficient (Wildman–Crippen LogP) is 1.60. The molecule has 1 aliphatic heterocycles. The molecule has 0 radical (unpaired) electrons. The molecule has 2 nitrogen and oxygen atoms in total. The third-order valence-electron chi connectivity index (χ3n) is 1.96. The van der Waals surface area contributed by atoms with E-state index < -0.39 is 0 Å². The molecular formula is C7H13NO. The molecule has 0 fully saturated rings. The molecule has 0 aromatic carbocycles. The Morgan fingerprint density at radius 1 is 1.78 bits per heavy atom. The number of rotatable bonds is 1. The molecule has 52 valence electrons. The van der Waals surface area contributed by atoms with Crippen molar-refractivity contribution in [3.63, 3.8) is 0 Å². The Morgan fingerprint density at radius 3 is 2.89 bits per heavy atom. The van der Waals surface area contributed by atoms with Crippen LogP contribution in [0, 0.1) is 0 Å². The van der Waals surface area contributed by atoms with Crippen molar-refractivity contribution in [3.05, 3.63) is 0 Å². The maximum Gasteiger partial charge on any atom is 0.169 e. The van der Waals surface area contributed by atoms with Crippen molar-refractivity contribution >= 4 is 6.40 Å². The lowest BCUT2D eigenvalue weighted by Crippen LogP contribution is -2.26. The number of hydrogen-bond donors (Lipinski definition) is 0. The first kappa shape index (κ1) is 6.59. The van der Waals surface area contributed by atoms with E-state index in [1.165, 1.54) is 0 Å². The van der Waals surface area contributed by atoms with Crippen LogP contribution in [-0.2, 0) is 4.74 Å². The average Bonchev–Trinajstić information content (AvgIpc) is 1.90. The third-order valence-corrected chi connectivity index (χ3v) is 1.96. The van der Waals surface area contributed by atoms with Crippen LogP contribution in [0.5, 0.6) is 0 Å². The molecule has 1 aliphatic rings. The fourth-order valence-corrected chi connectivity index (χ4v) is 0.829. The van der Waals surface area contributed by atoms with Crippen molar-refractivity contribution < 1.29 is 4.74 Å². The van der Waals surface area contributed by atoms with Crippen LogP contribution in [-0.4, -0.2) is 18.5 Å². The second-order valence-electron chi connectivity index (χ2n) is 2.71. The molecule has 0 aliphatic carbocycles. The van der Waals surface area contributed by atoms with Gasteiger partial charge in [0, 0.05) is 6.42 Å². The molecular weight excluding hydrogens is 114 g/mol. The molecule has 0 saturated heterocycles. The van der Waals surface area contributed by atoms with Crippen LogP contribution in [0.15, 0.2) is 4.99 Å².